The molecule has 2 aromatic rings. The van der Waals surface area contributed by atoms with E-state index in [2.05, 4.69) is 9.97 Å². The van der Waals surface area contributed by atoms with E-state index in [-0.39, 0.29) is 17.4 Å². The molecule has 0 atom stereocenters. The largest absolute Gasteiger partial charge is 0.502 e. The predicted octanol–water partition coefficient (Wildman–Crippen LogP) is 1.27. The van der Waals surface area contributed by atoms with Crippen LogP contribution >= 0.6 is 0 Å². The number of H-pyrrole nitrogens is 1. The molecule has 0 saturated carbocycles. The van der Waals surface area contributed by atoms with Crippen molar-refractivity contribution in [1.29, 1.82) is 0 Å². The Hall–Kier alpha value is -2.57. The van der Waals surface area contributed by atoms with E-state index in [0.29, 0.717) is 11.3 Å². The molecule has 0 aliphatic carbocycles. The summed E-state index contributed by atoms with van der Waals surface area (Å²) in [5.41, 5.74) is 6.13. The molecule has 7 nitrogen and oxygen atoms in total. The Bertz CT molecular complexity index is 549. The molecule has 1 heterocycles. The van der Waals surface area contributed by atoms with Gasteiger partial charge in [-0.1, -0.05) is 0 Å². The van der Waals surface area contributed by atoms with Crippen molar-refractivity contribution in [1.82, 2.24) is 9.97 Å². The van der Waals surface area contributed by atoms with Crippen molar-refractivity contribution >= 4 is 11.6 Å². The molecular weight excluding hydrogens is 212 g/mol. The van der Waals surface area contributed by atoms with E-state index < -0.39 is 4.92 Å². The van der Waals surface area contributed by atoms with Crippen LogP contribution in [-0.4, -0.2) is 20.0 Å². The molecular formula is C9H8N4O3. The van der Waals surface area contributed by atoms with E-state index in [1.807, 2.05) is 0 Å². The standard InChI is InChI=1S/C9H8N4O3/c10-9-11-4-6(12-9)5-1-2-8(14)7(3-5)13(15)16/h1-4,14H,(H3,10,11,12). The van der Waals surface area contributed by atoms with Crippen LogP contribution in [0.25, 0.3) is 11.3 Å². The highest BCUT2D eigenvalue weighted by Gasteiger charge is 2.14. The molecule has 0 amide bonds. The Kier molecular flexibility index (Phi) is 2.20. The molecule has 7 heteroatoms. The highest BCUT2D eigenvalue weighted by molar-refractivity contribution is 5.66. The maximum absolute atomic E-state index is 10.6. The lowest BCUT2D eigenvalue weighted by molar-refractivity contribution is -0.385. The summed E-state index contributed by atoms with van der Waals surface area (Å²) in [7, 11) is 0. The molecule has 4 N–H and O–H groups in total. The van der Waals surface area contributed by atoms with Gasteiger partial charge in [0, 0.05) is 11.6 Å². The van der Waals surface area contributed by atoms with Gasteiger partial charge in [-0.05, 0) is 12.1 Å². The number of nitrogens with two attached hydrogens (primary N) is 1. The zero-order chi connectivity index (χ0) is 11.7. The van der Waals surface area contributed by atoms with Crippen molar-refractivity contribution < 1.29 is 10.0 Å². The number of nitrogens with one attached hydrogen (secondary N) is 1. The molecule has 16 heavy (non-hydrogen) atoms. The van der Waals surface area contributed by atoms with Gasteiger partial charge < -0.3 is 15.8 Å². The Morgan fingerprint density at radius 1 is 1.50 bits per heavy atom. The van der Waals surface area contributed by atoms with Gasteiger partial charge in [-0.3, -0.25) is 10.1 Å². The fraction of sp³-hybridized carbons (Fsp3) is 0. The smallest absolute Gasteiger partial charge is 0.311 e. The molecule has 0 bridgehead atoms. The number of nitro groups is 1. The number of aromatic hydroxyl groups is 1. The minimum atomic E-state index is -0.654. The number of nitro benzene ring substituents is 1. The Labute approximate surface area is 89.7 Å². The van der Waals surface area contributed by atoms with Crippen LogP contribution in [0, 0.1) is 10.1 Å². The fourth-order valence-corrected chi connectivity index (χ4v) is 1.32. The SMILES string of the molecule is Nc1ncc(-c2ccc(O)c([N+](=O)[O-])c2)[nH]1. The maximum atomic E-state index is 10.6. The molecule has 0 aliphatic heterocycles. The Morgan fingerprint density at radius 2 is 2.25 bits per heavy atom. The Balaban J connectivity index is 2.51. The van der Waals surface area contributed by atoms with Gasteiger partial charge >= 0.3 is 5.69 Å². The summed E-state index contributed by atoms with van der Waals surface area (Å²) in [6.45, 7) is 0. The molecule has 0 saturated heterocycles. The van der Waals surface area contributed by atoms with Crippen LogP contribution < -0.4 is 5.73 Å². The number of imidazole rings is 1. The monoisotopic (exact) mass is 220 g/mol. The number of aromatic nitrogens is 2. The average Bonchev–Trinajstić information content (AvgIpc) is 2.65. The van der Waals surface area contributed by atoms with Gasteiger partial charge in [0.2, 0.25) is 0 Å². The molecule has 1 aromatic carbocycles. The van der Waals surface area contributed by atoms with Crippen LogP contribution in [0.15, 0.2) is 24.4 Å². The third-order valence-electron chi connectivity index (χ3n) is 2.08. The van der Waals surface area contributed by atoms with Crippen LogP contribution in [0.3, 0.4) is 0 Å². The second kappa shape index (κ2) is 3.54. The third-order valence-corrected chi connectivity index (χ3v) is 2.08. The number of rotatable bonds is 2. The van der Waals surface area contributed by atoms with Crippen LogP contribution in [-0.2, 0) is 0 Å². The summed E-state index contributed by atoms with van der Waals surface area (Å²) < 4.78 is 0. The molecule has 0 unspecified atom stereocenters. The number of nitrogen functional groups attached to an aromatic ring is 1. The first-order chi connectivity index (χ1) is 7.58. The molecule has 0 aliphatic rings. The topological polar surface area (TPSA) is 118 Å². The van der Waals surface area contributed by atoms with E-state index in [9.17, 15) is 15.2 Å². The second-order valence-corrected chi connectivity index (χ2v) is 3.14. The molecule has 0 fully saturated rings. The van der Waals surface area contributed by atoms with E-state index >= 15 is 0 Å². The zero-order valence-electron chi connectivity index (χ0n) is 8.04. The average molecular weight is 220 g/mol. The first-order valence-electron chi connectivity index (χ1n) is 4.36. The summed E-state index contributed by atoms with van der Waals surface area (Å²) in [4.78, 5) is 16.5. The number of anilines is 1. The minimum Gasteiger partial charge on any atom is -0.502 e. The lowest BCUT2D eigenvalue weighted by Gasteiger charge is -1.99. The molecule has 0 spiro atoms. The molecule has 1 aromatic heterocycles. The van der Waals surface area contributed by atoms with Crippen molar-refractivity contribution in [3.8, 4) is 17.0 Å². The summed E-state index contributed by atoms with van der Waals surface area (Å²) in [6, 6.07) is 4.04. The number of nitrogens with zero attached hydrogens (tertiary/aromatic N) is 2. The van der Waals surface area contributed by atoms with Crippen molar-refractivity contribution in [3.63, 3.8) is 0 Å². The molecule has 2 rings (SSSR count). The second-order valence-electron chi connectivity index (χ2n) is 3.14. The molecule has 82 valence electrons. The number of hydrogen-bond acceptors (Lipinski definition) is 5. The number of aromatic amines is 1. The highest BCUT2D eigenvalue weighted by Crippen LogP contribution is 2.30. The summed E-state index contributed by atoms with van der Waals surface area (Å²) >= 11 is 0. The quantitative estimate of drug-likeness (QED) is 0.520. The predicted molar refractivity (Wildman–Crippen MR) is 56.8 cm³/mol. The normalized spacial score (nSPS) is 10.2. The minimum absolute atomic E-state index is 0.228. The number of phenols is 1. The van der Waals surface area contributed by atoms with Crippen LogP contribution in [0.1, 0.15) is 0 Å². The highest BCUT2D eigenvalue weighted by atomic mass is 16.6. The summed E-state index contributed by atoms with van der Waals surface area (Å²) in [6.07, 6.45) is 1.46. The lowest BCUT2D eigenvalue weighted by Crippen LogP contribution is -1.90. The van der Waals surface area contributed by atoms with Crippen molar-refractivity contribution in [2.24, 2.45) is 0 Å². The number of phenolic OH excluding ortho intramolecular Hbond substituents is 1. The van der Waals surface area contributed by atoms with Gasteiger partial charge in [0.1, 0.15) is 0 Å². The van der Waals surface area contributed by atoms with Crippen LogP contribution in [0.2, 0.25) is 0 Å². The van der Waals surface area contributed by atoms with Crippen LogP contribution in [0.4, 0.5) is 11.6 Å². The third kappa shape index (κ3) is 1.65. The first-order valence-corrected chi connectivity index (χ1v) is 4.36. The van der Waals surface area contributed by atoms with Gasteiger partial charge in [-0.15, -0.1) is 0 Å². The van der Waals surface area contributed by atoms with E-state index in [1.54, 1.807) is 0 Å². The van der Waals surface area contributed by atoms with Gasteiger partial charge in [-0.25, -0.2) is 4.98 Å². The lowest BCUT2D eigenvalue weighted by atomic mass is 10.1. The number of hydrogen-bond donors (Lipinski definition) is 3. The summed E-state index contributed by atoms with van der Waals surface area (Å²) in [5.74, 6) is -0.146. The van der Waals surface area contributed by atoms with E-state index in [1.165, 1.54) is 24.4 Å². The van der Waals surface area contributed by atoms with E-state index in [0.717, 1.165) is 0 Å². The van der Waals surface area contributed by atoms with Gasteiger partial charge in [0.15, 0.2) is 11.7 Å². The van der Waals surface area contributed by atoms with E-state index in [4.69, 9.17) is 5.73 Å². The zero-order valence-corrected chi connectivity index (χ0v) is 8.04. The van der Waals surface area contributed by atoms with Gasteiger partial charge in [0.25, 0.3) is 0 Å². The fourth-order valence-electron chi connectivity index (χ4n) is 1.32. The van der Waals surface area contributed by atoms with Crippen molar-refractivity contribution in [3.05, 3.63) is 34.5 Å². The Morgan fingerprint density at radius 3 is 2.81 bits per heavy atom. The maximum Gasteiger partial charge on any atom is 0.311 e. The first kappa shape index (κ1) is 9.97. The van der Waals surface area contributed by atoms with Crippen LogP contribution in [0.5, 0.6) is 5.75 Å². The number of benzene rings is 1. The summed E-state index contributed by atoms with van der Waals surface area (Å²) in [5, 5.41) is 19.9. The molecule has 0 radical (unpaired) electrons. The van der Waals surface area contributed by atoms with Crippen molar-refractivity contribution in [2.45, 2.75) is 0 Å². The van der Waals surface area contributed by atoms with Gasteiger partial charge in [-0.2, -0.15) is 0 Å². The van der Waals surface area contributed by atoms with Crippen molar-refractivity contribution in [2.75, 3.05) is 5.73 Å². The van der Waals surface area contributed by atoms with Gasteiger partial charge in [0.05, 0.1) is 16.8 Å².